The lowest BCUT2D eigenvalue weighted by molar-refractivity contribution is 0.254. The van der Waals surface area contributed by atoms with Gasteiger partial charge in [-0.3, -0.25) is 0 Å². The van der Waals surface area contributed by atoms with Crippen LogP contribution in [-0.4, -0.2) is 44.2 Å². The van der Waals surface area contributed by atoms with Gasteiger partial charge in [0, 0.05) is 24.7 Å². The smallest absolute Gasteiger partial charge is 0.119 e. The molecule has 0 bridgehead atoms. The normalized spacial score (nSPS) is 26.6. The monoisotopic (exact) mass is 280 g/mol. The summed E-state index contributed by atoms with van der Waals surface area (Å²) in [6, 6.07) is 7.58. The van der Waals surface area contributed by atoms with Crippen molar-refractivity contribution < 1.29 is 4.74 Å². The molecule has 0 amide bonds. The Hall–Kier alpha value is -0.770. The minimum atomic E-state index is 0.754. The summed E-state index contributed by atoms with van der Waals surface area (Å²) in [5.41, 5.74) is 0. The molecule has 0 saturated carbocycles. The molecule has 0 spiro atoms. The summed E-state index contributed by atoms with van der Waals surface area (Å²) in [6.07, 6.45) is 1.09. The van der Waals surface area contributed by atoms with Gasteiger partial charge in [-0.15, -0.1) is 0 Å². The van der Waals surface area contributed by atoms with E-state index in [1.165, 1.54) is 26.2 Å². The van der Waals surface area contributed by atoms with E-state index >= 15 is 0 Å². The average Bonchev–Trinajstić information content (AvgIpc) is 2.97. The predicted molar refractivity (Wildman–Crippen MR) is 77.9 cm³/mol. The average molecular weight is 281 g/mol. The largest absolute Gasteiger partial charge is 0.494 e. The lowest BCUT2D eigenvalue weighted by Crippen LogP contribution is -2.27. The van der Waals surface area contributed by atoms with E-state index in [1.54, 1.807) is 0 Å². The molecule has 3 rings (SSSR count). The molecule has 4 heteroatoms. The molecular weight excluding hydrogens is 260 g/mol. The highest BCUT2D eigenvalue weighted by Gasteiger charge is 2.35. The van der Waals surface area contributed by atoms with Crippen LogP contribution in [0.2, 0.25) is 5.02 Å². The number of benzene rings is 1. The zero-order chi connectivity index (χ0) is 13.1. The second-order valence-electron chi connectivity index (χ2n) is 5.59. The molecule has 2 fully saturated rings. The van der Waals surface area contributed by atoms with Crippen LogP contribution in [0.3, 0.4) is 0 Å². The van der Waals surface area contributed by atoms with Gasteiger partial charge in [0.1, 0.15) is 5.75 Å². The molecule has 1 N–H and O–H groups in total. The number of nitrogens with one attached hydrogen (secondary N) is 1. The minimum Gasteiger partial charge on any atom is -0.494 e. The van der Waals surface area contributed by atoms with E-state index in [4.69, 9.17) is 16.3 Å². The number of likely N-dealkylation sites (tertiary alicyclic amines) is 1. The third kappa shape index (κ3) is 3.41. The van der Waals surface area contributed by atoms with Gasteiger partial charge in [-0.1, -0.05) is 11.6 Å². The van der Waals surface area contributed by atoms with Crippen LogP contribution in [0.25, 0.3) is 0 Å². The molecule has 2 atom stereocenters. The van der Waals surface area contributed by atoms with Gasteiger partial charge in [-0.05, 0) is 55.6 Å². The third-order valence-electron chi connectivity index (χ3n) is 4.17. The quantitative estimate of drug-likeness (QED) is 0.838. The van der Waals surface area contributed by atoms with E-state index in [0.717, 1.165) is 42.2 Å². The summed E-state index contributed by atoms with van der Waals surface area (Å²) in [4.78, 5) is 2.58. The Balaban J connectivity index is 1.34. The molecule has 2 saturated heterocycles. The number of hydrogen-bond donors (Lipinski definition) is 1. The van der Waals surface area contributed by atoms with Crippen LogP contribution in [0.15, 0.2) is 24.3 Å². The lowest BCUT2D eigenvalue weighted by Gasteiger charge is -2.16. The van der Waals surface area contributed by atoms with Gasteiger partial charge in [0.05, 0.1) is 6.61 Å². The number of ether oxygens (including phenoxy) is 1. The van der Waals surface area contributed by atoms with Crippen LogP contribution in [0, 0.1) is 11.8 Å². The van der Waals surface area contributed by atoms with Crippen molar-refractivity contribution in [3.63, 3.8) is 0 Å². The molecule has 3 nitrogen and oxygen atoms in total. The molecule has 104 valence electrons. The van der Waals surface area contributed by atoms with E-state index in [1.807, 2.05) is 24.3 Å². The fraction of sp³-hybridized carbons (Fsp3) is 0.600. The SMILES string of the molecule is Clc1ccc(OCCCN2CC3CNCC3C2)cc1. The number of fused-ring (bicyclic) bond motifs is 1. The summed E-state index contributed by atoms with van der Waals surface area (Å²) >= 11 is 5.84. The van der Waals surface area contributed by atoms with Gasteiger partial charge in [-0.25, -0.2) is 0 Å². The van der Waals surface area contributed by atoms with Crippen LogP contribution < -0.4 is 10.1 Å². The molecule has 1 aromatic carbocycles. The Kier molecular flexibility index (Phi) is 4.26. The predicted octanol–water partition coefficient (Wildman–Crippen LogP) is 2.26. The highest BCUT2D eigenvalue weighted by Crippen LogP contribution is 2.26. The van der Waals surface area contributed by atoms with Gasteiger partial charge in [-0.2, -0.15) is 0 Å². The maximum Gasteiger partial charge on any atom is 0.119 e. The summed E-state index contributed by atoms with van der Waals surface area (Å²) in [5.74, 6) is 2.68. The van der Waals surface area contributed by atoms with Crippen molar-refractivity contribution in [2.24, 2.45) is 11.8 Å². The summed E-state index contributed by atoms with van der Waals surface area (Å²) in [7, 11) is 0. The molecule has 0 aromatic heterocycles. The molecule has 0 aliphatic carbocycles. The second-order valence-corrected chi connectivity index (χ2v) is 6.03. The van der Waals surface area contributed by atoms with E-state index in [2.05, 4.69) is 10.2 Å². The van der Waals surface area contributed by atoms with Crippen LogP contribution in [0.1, 0.15) is 6.42 Å². The number of halogens is 1. The highest BCUT2D eigenvalue weighted by atomic mass is 35.5. The standard InChI is InChI=1S/C15H21ClN2O/c16-14-2-4-15(5-3-14)19-7-1-6-18-10-12-8-17-9-13(12)11-18/h2-5,12-13,17H,1,6-11H2. The second kappa shape index (κ2) is 6.12. The van der Waals surface area contributed by atoms with Gasteiger partial charge >= 0.3 is 0 Å². The van der Waals surface area contributed by atoms with E-state index in [9.17, 15) is 0 Å². The lowest BCUT2D eigenvalue weighted by atomic mass is 10.0. The van der Waals surface area contributed by atoms with Crippen LogP contribution in [-0.2, 0) is 0 Å². The molecule has 0 radical (unpaired) electrons. The van der Waals surface area contributed by atoms with Crippen LogP contribution in [0.5, 0.6) is 5.75 Å². The molecule has 19 heavy (non-hydrogen) atoms. The van der Waals surface area contributed by atoms with Crippen molar-refractivity contribution >= 4 is 11.6 Å². The van der Waals surface area contributed by atoms with Crippen molar-refractivity contribution in [3.8, 4) is 5.75 Å². The Labute approximate surface area is 119 Å². The Morgan fingerprint density at radius 1 is 1.16 bits per heavy atom. The maximum atomic E-state index is 5.84. The third-order valence-corrected chi connectivity index (χ3v) is 4.42. The van der Waals surface area contributed by atoms with Crippen molar-refractivity contribution in [3.05, 3.63) is 29.3 Å². The highest BCUT2D eigenvalue weighted by molar-refractivity contribution is 6.30. The van der Waals surface area contributed by atoms with E-state index in [0.29, 0.717) is 0 Å². The summed E-state index contributed by atoms with van der Waals surface area (Å²) < 4.78 is 5.72. The Morgan fingerprint density at radius 3 is 2.53 bits per heavy atom. The molecule has 2 aliphatic heterocycles. The molecule has 2 heterocycles. The number of nitrogens with zero attached hydrogens (tertiary/aromatic N) is 1. The number of hydrogen-bond acceptors (Lipinski definition) is 3. The molecular formula is C15H21ClN2O. The van der Waals surface area contributed by atoms with Crippen molar-refractivity contribution in [2.45, 2.75) is 6.42 Å². The summed E-state index contributed by atoms with van der Waals surface area (Å²) in [5, 5.41) is 4.23. The Morgan fingerprint density at radius 2 is 1.84 bits per heavy atom. The molecule has 2 unspecified atom stereocenters. The van der Waals surface area contributed by atoms with Crippen LogP contribution in [0.4, 0.5) is 0 Å². The fourth-order valence-electron chi connectivity index (χ4n) is 3.14. The zero-order valence-electron chi connectivity index (χ0n) is 11.1. The first-order valence-electron chi connectivity index (χ1n) is 7.13. The topological polar surface area (TPSA) is 24.5 Å². The fourth-order valence-corrected chi connectivity index (χ4v) is 3.27. The first-order chi connectivity index (χ1) is 9.31. The molecule has 1 aromatic rings. The van der Waals surface area contributed by atoms with Crippen LogP contribution >= 0.6 is 11.6 Å². The minimum absolute atomic E-state index is 0.754. The molecule has 2 aliphatic rings. The number of rotatable bonds is 5. The first-order valence-corrected chi connectivity index (χ1v) is 7.50. The van der Waals surface area contributed by atoms with E-state index in [-0.39, 0.29) is 0 Å². The van der Waals surface area contributed by atoms with Crippen molar-refractivity contribution in [1.82, 2.24) is 10.2 Å². The van der Waals surface area contributed by atoms with Gasteiger partial charge in [0.15, 0.2) is 0 Å². The van der Waals surface area contributed by atoms with E-state index < -0.39 is 0 Å². The van der Waals surface area contributed by atoms with Gasteiger partial charge < -0.3 is 15.0 Å². The maximum absolute atomic E-state index is 5.84. The van der Waals surface area contributed by atoms with Gasteiger partial charge in [0.25, 0.3) is 0 Å². The summed E-state index contributed by atoms with van der Waals surface area (Å²) in [6.45, 7) is 6.88. The van der Waals surface area contributed by atoms with Crippen molar-refractivity contribution in [2.75, 3.05) is 39.3 Å². The van der Waals surface area contributed by atoms with Crippen molar-refractivity contribution in [1.29, 1.82) is 0 Å². The first kappa shape index (κ1) is 13.2. The Bertz CT molecular complexity index is 397. The zero-order valence-corrected chi connectivity index (χ0v) is 11.9. The van der Waals surface area contributed by atoms with Gasteiger partial charge in [0.2, 0.25) is 0 Å².